The summed E-state index contributed by atoms with van der Waals surface area (Å²) in [5.41, 5.74) is 1.41. The van der Waals surface area contributed by atoms with E-state index in [1.165, 1.54) is 0 Å². The molecule has 0 N–H and O–H groups in total. The summed E-state index contributed by atoms with van der Waals surface area (Å²) in [7, 11) is 1.88. The van der Waals surface area contributed by atoms with E-state index in [0.29, 0.717) is 18.8 Å². The molecule has 1 aromatic carbocycles. The molecule has 1 aromatic heterocycles. The van der Waals surface area contributed by atoms with Gasteiger partial charge in [-0.05, 0) is 37.1 Å². The monoisotopic (exact) mass is 323 g/mol. The molecule has 124 valence electrons. The maximum Gasteiger partial charge on any atom is 0.270 e. The van der Waals surface area contributed by atoms with Crippen molar-refractivity contribution < 1.29 is 9.59 Å². The minimum absolute atomic E-state index is 0.0593. The van der Waals surface area contributed by atoms with E-state index in [1.54, 1.807) is 0 Å². The van der Waals surface area contributed by atoms with Crippen molar-refractivity contribution in [1.29, 1.82) is 0 Å². The molecule has 3 heterocycles. The van der Waals surface area contributed by atoms with Gasteiger partial charge in [0, 0.05) is 38.6 Å². The van der Waals surface area contributed by atoms with E-state index >= 15 is 0 Å². The van der Waals surface area contributed by atoms with Gasteiger partial charge in [-0.3, -0.25) is 9.59 Å². The van der Waals surface area contributed by atoms with Gasteiger partial charge in [0.1, 0.15) is 5.69 Å². The van der Waals surface area contributed by atoms with Crippen molar-refractivity contribution in [3.8, 4) is 0 Å². The zero-order valence-electron chi connectivity index (χ0n) is 13.8. The maximum atomic E-state index is 12.7. The van der Waals surface area contributed by atoms with Crippen LogP contribution in [0.3, 0.4) is 0 Å². The second kappa shape index (κ2) is 5.51. The Morgan fingerprint density at radius 3 is 2.33 bits per heavy atom. The Labute approximate surface area is 141 Å². The average Bonchev–Trinajstić information content (AvgIpc) is 3.06. The number of nitrogens with zero attached hydrogens (tertiary/aromatic N) is 3. The lowest BCUT2D eigenvalue weighted by atomic mass is 9.70. The summed E-state index contributed by atoms with van der Waals surface area (Å²) >= 11 is 0. The molecule has 2 aliphatic heterocycles. The van der Waals surface area contributed by atoms with E-state index in [4.69, 9.17) is 0 Å². The molecule has 0 aliphatic carbocycles. The number of benzene rings is 1. The fourth-order valence-electron chi connectivity index (χ4n) is 3.81. The van der Waals surface area contributed by atoms with Gasteiger partial charge in [-0.1, -0.05) is 18.2 Å². The average molecular weight is 323 g/mol. The smallest absolute Gasteiger partial charge is 0.270 e. The highest BCUT2D eigenvalue weighted by molar-refractivity contribution is 6.04. The number of para-hydroxylation sites is 1. The summed E-state index contributed by atoms with van der Waals surface area (Å²) in [6, 6.07) is 13.5. The van der Waals surface area contributed by atoms with E-state index in [2.05, 4.69) is 0 Å². The fraction of sp³-hybridized carbons (Fsp3) is 0.368. The first-order valence-electron chi connectivity index (χ1n) is 8.38. The molecule has 0 atom stereocenters. The van der Waals surface area contributed by atoms with Gasteiger partial charge in [0.2, 0.25) is 5.91 Å². The molecule has 1 spiro atoms. The van der Waals surface area contributed by atoms with Gasteiger partial charge >= 0.3 is 0 Å². The molecule has 2 amide bonds. The number of amides is 2. The molecular formula is C19H21N3O2. The first-order chi connectivity index (χ1) is 11.6. The molecule has 5 heteroatoms. The van der Waals surface area contributed by atoms with E-state index in [9.17, 15) is 9.59 Å². The van der Waals surface area contributed by atoms with Gasteiger partial charge < -0.3 is 14.4 Å². The molecule has 4 rings (SSSR count). The highest BCUT2D eigenvalue weighted by atomic mass is 16.2. The summed E-state index contributed by atoms with van der Waals surface area (Å²) < 4.78 is 1.85. The van der Waals surface area contributed by atoms with Crippen LogP contribution in [0.5, 0.6) is 0 Å². The lowest BCUT2D eigenvalue weighted by Crippen LogP contribution is -2.65. The van der Waals surface area contributed by atoms with Crippen molar-refractivity contribution in [1.82, 2.24) is 9.47 Å². The Morgan fingerprint density at radius 2 is 1.75 bits per heavy atom. The minimum atomic E-state index is -0.263. The van der Waals surface area contributed by atoms with Gasteiger partial charge in [-0.25, -0.2) is 0 Å². The predicted octanol–water partition coefficient (Wildman–Crippen LogP) is 2.29. The number of hydrogen-bond acceptors (Lipinski definition) is 2. The van der Waals surface area contributed by atoms with Crippen LogP contribution in [-0.4, -0.2) is 40.9 Å². The summed E-state index contributed by atoms with van der Waals surface area (Å²) in [6.45, 7) is 2.07. The van der Waals surface area contributed by atoms with Crippen LogP contribution in [0.2, 0.25) is 0 Å². The van der Waals surface area contributed by atoms with Gasteiger partial charge in [-0.2, -0.15) is 0 Å². The number of rotatable bonds is 2. The predicted molar refractivity (Wildman–Crippen MR) is 91.8 cm³/mol. The molecule has 24 heavy (non-hydrogen) atoms. The normalized spacial score (nSPS) is 19.5. The molecule has 2 aromatic rings. The van der Waals surface area contributed by atoms with E-state index in [1.807, 2.05) is 70.1 Å². The molecule has 2 fully saturated rings. The Bertz CT molecular complexity index is 773. The SMILES string of the molecule is Cn1cccc1C(=O)N1CCC2(CC1)CN(c1ccccc1)C2=O. The van der Waals surface area contributed by atoms with Crippen LogP contribution in [0.1, 0.15) is 23.3 Å². The van der Waals surface area contributed by atoms with Crippen LogP contribution in [0.4, 0.5) is 5.69 Å². The highest BCUT2D eigenvalue weighted by Crippen LogP contribution is 2.43. The third kappa shape index (κ3) is 2.23. The summed E-state index contributed by atoms with van der Waals surface area (Å²) in [5.74, 6) is 0.267. The number of aryl methyl sites for hydroxylation is 1. The van der Waals surface area contributed by atoms with Crippen LogP contribution < -0.4 is 4.90 Å². The van der Waals surface area contributed by atoms with Crippen molar-refractivity contribution in [2.75, 3.05) is 24.5 Å². The van der Waals surface area contributed by atoms with Crippen LogP contribution in [0.15, 0.2) is 48.7 Å². The maximum absolute atomic E-state index is 12.7. The van der Waals surface area contributed by atoms with Crippen molar-refractivity contribution in [2.24, 2.45) is 12.5 Å². The van der Waals surface area contributed by atoms with Crippen molar-refractivity contribution in [2.45, 2.75) is 12.8 Å². The second-order valence-corrected chi connectivity index (χ2v) is 6.80. The molecule has 0 unspecified atom stereocenters. The lowest BCUT2D eigenvalue weighted by molar-refractivity contribution is -0.138. The topological polar surface area (TPSA) is 45.6 Å². The Hall–Kier alpha value is -2.56. The molecule has 2 saturated heterocycles. The molecule has 0 bridgehead atoms. The zero-order valence-corrected chi connectivity index (χ0v) is 13.8. The van der Waals surface area contributed by atoms with Crippen LogP contribution >= 0.6 is 0 Å². The van der Waals surface area contributed by atoms with E-state index in [-0.39, 0.29) is 17.2 Å². The van der Waals surface area contributed by atoms with E-state index in [0.717, 1.165) is 25.1 Å². The minimum Gasteiger partial charge on any atom is -0.347 e. The van der Waals surface area contributed by atoms with Crippen molar-refractivity contribution >= 4 is 17.5 Å². The highest BCUT2D eigenvalue weighted by Gasteiger charge is 2.53. The number of likely N-dealkylation sites (tertiary alicyclic amines) is 1. The lowest BCUT2D eigenvalue weighted by Gasteiger charge is -2.52. The third-order valence-electron chi connectivity index (χ3n) is 5.40. The van der Waals surface area contributed by atoms with Crippen molar-refractivity contribution in [3.63, 3.8) is 0 Å². The standard InChI is InChI=1S/C19H21N3O2/c1-20-11-5-8-16(20)17(23)21-12-9-19(10-13-21)14-22(18(19)24)15-6-3-2-4-7-15/h2-8,11H,9-10,12-14H2,1H3. The van der Waals surface area contributed by atoms with Crippen LogP contribution in [0.25, 0.3) is 0 Å². The zero-order chi connectivity index (χ0) is 16.7. The van der Waals surface area contributed by atoms with Crippen molar-refractivity contribution in [3.05, 3.63) is 54.4 Å². The second-order valence-electron chi connectivity index (χ2n) is 6.80. The number of carbonyl (C=O) groups excluding carboxylic acids is 2. The number of aromatic nitrogens is 1. The van der Waals surface area contributed by atoms with Crippen LogP contribution in [-0.2, 0) is 11.8 Å². The summed E-state index contributed by atoms with van der Waals surface area (Å²) in [5, 5.41) is 0. The first kappa shape index (κ1) is 15.0. The van der Waals surface area contributed by atoms with E-state index < -0.39 is 0 Å². The Kier molecular flexibility index (Phi) is 3.44. The Balaban J connectivity index is 1.41. The number of hydrogen-bond donors (Lipinski definition) is 0. The number of piperidine rings is 1. The molecular weight excluding hydrogens is 302 g/mol. The molecule has 2 aliphatic rings. The van der Waals surface area contributed by atoms with Gasteiger partial charge in [0.05, 0.1) is 5.41 Å². The first-order valence-corrected chi connectivity index (χ1v) is 8.38. The van der Waals surface area contributed by atoms with Gasteiger partial charge in [0.15, 0.2) is 0 Å². The largest absolute Gasteiger partial charge is 0.347 e. The molecule has 5 nitrogen and oxygen atoms in total. The number of anilines is 1. The van der Waals surface area contributed by atoms with Gasteiger partial charge in [-0.15, -0.1) is 0 Å². The number of β-lactam (4-membered cyclic amide) rings is 1. The molecule has 0 saturated carbocycles. The third-order valence-corrected chi connectivity index (χ3v) is 5.40. The summed E-state index contributed by atoms with van der Waals surface area (Å²) in [4.78, 5) is 29.0. The summed E-state index contributed by atoms with van der Waals surface area (Å²) in [6.07, 6.45) is 3.39. The number of carbonyl (C=O) groups is 2. The van der Waals surface area contributed by atoms with Crippen LogP contribution in [0, 0.1) is 5.41 Å². The quantitative estimate of drug-likeness (QED) is 0.796. The van der Waals surface area contributed by atoms with Gasteiger partial charge in [0.25, 0.3) is 5.91 Å². The molecule has 0 radical (unpaired) electrons. The Morgan fingerprint density at radius 1 is 1.04 bits per heavy atom. The fourth-order valence-corrected chi connectivity index (χ4v) is 3.81.